The second-order valence-corrected chi connectivity index (χ2v) is 9.14. The lowest BCUT2D eigenvalue weighted by atomic mass is 10.0. The van der Waals surface area contributed by atoms with Crippen LogP contribution in [-0.4, -0.2) is 35.4 Å². The normalized spacial score (nSPS) is 11.7. The van der Waals surface area contributed by atoms with Gasteiger partial charge >= 0.3 is 0 Å². The first-order chi connectivity index (χ1) is 16.3. The number of hydrogen-bond acceptors (Lipinski definition) is 3. The summed E-state index contributed by atoms with van der Waals surface area (Å²) in [6, 6.07) is 22.9. The largest absolute Gasteiger partial charge is 0.484 e. The Hall–Kier alpha value is -3.02. The van der Waals surface area contributed by atoms with Crippen molar-refractivity contribution < 1.29 is 14.3 Å². The molecule has 0 unspecified atom stereocenters. The number of hydrogen-bond donors (Lipinski definition) is 1. The highest BCUT2D eigenvalue weighted by Crippen LogP contribution is 2.20. The van der Waals surface area contributed by atoms with Gasteiger partial charge in [-0.1, -0.05) is 71.7 Å². The van der Waals surface area contributed by atoms with E-state index in [1.54, 1.807) is 41.3 Å². The summed E-state index contributed by atoms with van der Waals surface area (Å²) in [5.41, 5.74) is 1.77. The van der Waals surface area contributed by atoms with Crippen LogP contribution in [0, 0.1) is 0 Å². The van der Waals surface area contributed by atoms with Gasteiger partial charge in [0.1, 0.15) is 11.8 Å². The molecule has 0 spiro atoms. The van der Waals surface area contributed by atoms with Crippen molar-refractivity contribution in [2.75, 3.05) is 6.61 Å². The highest BCUT2D eigenvalue weighted by atomic mass is 35.5. The zero-order chi connectivity index (χ0) is 24.5. The van der Waals surface area contributed by atoms with Gasteiger partial charge in [-0.2, -0.15) is 0 Å². The summed E-state index contributed by atoms with van der Waals surface area (Å²) in [5, 5.41) is 4.03. The van der Waals surface area contributed by atoms with Crippen LogP contribution in [-0.2, 0) is 22.6 Å². The van der Waals surface area contributed by atoms with E-state index in [0.29, 0.717) is 22.2 Å². The first-order valence-corrected chi connectivity index (χ1v) is 11.8. The number of carbonyl (C=O) groups excluding carboxylic acids is 2. The molecular formula is C27H28Cl2N2O3. The van der Waals surface area contributed by atoms with Crippen LogP contribution in [0.25, 0.3) is 0 Å². The molecule has 1 N–H and O–H groups in total. The van der Waals surface area contributed by atoms with Gasteiger partial charge < -0.3 is 15.0 Å². The lowest BCUT2D eigenvalue weighted by Crippen LogP contribution is -2.52. The van der Waals surface area contributed by atoms with Crippen molar-refractivity contribution in [2.24, 2.45) is 0 Å². The van der Waals surface area contributed by atoms with Crippen LogP contribution in [0.15, 0.2) is 78.9 Å². The minimum atomic E-state index is -0.737. The van der Waals surface area contributed by atoms with Crippen molar-refractivity contribution in [2.45, 2.75) is 38.9 Å². The molecule has 1 atom stereocenters. The van der Waals surface area contributed by atoms with Gasteiger partial charge in [-0.3, -0.25) is 9.59 Å². The molecule has 0 aromatic heterocycles. The van der Waals surface area contributed by atoms with Crippen molar-refractivity contribution in [3.05, 3.63) is 100 Å². The predicted octanol–water partition coefficient (Wildman–Crippen LogP) is 5.54. The molecule has 3 aromatic rings. The van der Waals surface area contributed by atoms with Crippen LogP contribution in [0.5, 0.6) is 5.75 Å². The average Bonchev–Trinajstić information content (AvgIpc) is 2.80. The molecule has 0 aliphatic heterocycles. The van der Waals surface area contributed by atoms with Crippen LogP contribution in [0.2, 0.25) is 10.0 Å². The van der Waals surface area contributed by atoms with Gasteiger partial charge in [-0.05, 0) is 55.3 Å². The molecule has 0 heterocycles. The molecule has 5 nitrogen and oxygen atoms in total. The maximum atomic E-state index is 13.5. The lowest BCUT2D eigenvalue weighted by molar-refractivity contribution is -0.143. The summed E-state index contributed by atoms with van der Waals surface area (Å²) in [4.78, 5) is 28.3. The Morgan fingerprint density at radius 2 is 1.53 bits per heavy atom. The van der Waals surface area contributed by atoms with Crippen molar-refractivity contribution >= 4 is 35.0 Å². The predicted molar refractivity (Wildman–Crippen MR) is 136 cm³/mol. The molecule has 0 aliphatic carbocycles. The molecular weight excluding hydrogens is 471 g/mol. The molecule has 0 aliphatic rings. The molecule has 3 rings (SSSR count). The average molecular weight is 499 g/mol. The second kappa shape index (κ2) is 12.4. The maximum absolute atomic E-state index is 13.5. The quantitative estimate of drug-likeness (QED) is 0.399. The standard InChI is InChI=1S/C27H28Cl2N2O3/c1-19(2)30-27(33)25(15-20-8-4-3-5-9-20)31(17-21-10-6-11-22(28)14-21)26(32)18-34-24-13-7-12-23(29)16-24/h3-14,16,19,25H,15,17-18H2,1-2H3,(H,30,33)/t25-/m1/s1. The Bertz CT molecular complexity index is 1110. The van der Waals surface area contributed by atoms with E-state index in [4.69, 9.17) is 27.9 Å². The fraction of sp³-hybridized carbons (Fsp3) is 0.259. The van der Waals surface area contributed by atoms with Gasteiger partial charge in [0.15, 0.2) is 6.61 Å². The van der Waals surface area contributed by atoms with Gasteiger partial charge in [-0.25, -0.2) is 0 Å². The fourth-order valence-electron chi connectivity index (χ4n) is 3.55. The van der Waals surface area contributed by atoms with Gasteiger partial charge in [0.2, 0.25) is 5.91 Å². The number of halogens is 2. The Morgan fingerprint density at radius 1 is 0.882 bits per heavy atom. The summed E-state index contributed by atoms with van der Waals surface area (Å²) in [6.45, 7) is 3.76. The Kier molecular flexibility index (Phi) is 9.37. The van der Waals surface area contributed by atoms with Crippen LogP contribution in [0.3, 0.4) is 0 Å². The number of amides is 2. The van der Waals surface area contributed by atoms with Crippen LogP contribution in [0.1, 0.15) is 25.0 Å². The third-order valence-electron chi connectivity index (χ3n) is 5.10. The molecule has 3 aromatic carbocycles. The fourth-order valence-corrected chi connectivity index (χ4v) is 3.94. The van der Waals surface area contributed by atoms with Crippen molar-refractivity contribution in [3.63, 3.8) is 0 Å². The molecule has 0 saturated carbocycles. The molecule has 0 radical (unpaired) electrons. The van der Waals surface area contributed by atoms with E-state index >= 15 is 0 Å². The number of ether oxygens (including phenoxy) is 1. The number of carbonyl (C=O) groups is 2. The van der Waals surface area contributed by atoms with E-state index in [9.17, 15) is 9.59 Å². The number of nitrogens with zero attached hydrogens (tertiary/aromatic N) is 1. The maximum Gasteiger partial charge on any atom is 0.261 e. The Labute approximate surface area is 210 Å². The van der Waals surface area contributed by atoms with E-state index < -0.39 is 6.04 Å². The molecule has 178 valence electrons. The Balaban J connectivity index is 1.91. The number of benzene rings is 3. The third-order valence-corrected chi connectivity index (χ3v) is 5.57. The molecule has 0 saturated heterocycles. The molecule has 0 fully saturated rings. The van der Waals surface area contributed by atoms with E-state index in [1.807, 2.05) is 56.3 Å². The number of rotatable bonds is 10. The topological polar surface area (TPSA) is 58.6 Å². The van der Waals surface area contributed by atoms with Gasteiger partial charge in [0.05, 0.1) is 0 Å². The molecule has 34 heavy (non-hydrogen) atoms. The van der Waals surface area contributed by atoms with Crippen LogP contribution in [0.4, 0.5) is 0 Å². The lowest BCUT2D eigenvalue weighted by Gasteiger charge is -2.32. The highest BCUT2D eigenvalue weighted by Gasteiger charge is 2.31. The second-order valence-electron chi connectivity index (χ2n) is 8.27. The first kappa shape index (κ1) is 25.6. The van der Waals surface area contributed by atoms with Crippen LogP contribution >= 0.6 is 23.2 Å². The van der Waals surface area contributed by atoms with Crippen molar-refractivity contribution in [1.82, 2.24) is 10.2 Å². The zero-order valence-corrected chi connectivity index (χ0v) is 20.7. The minimum absolute atomic E-state index is 0.0726. The highest BCUT2D eigenvalue weighted by molar-refractivity contribution is 6.30. The van der Waals surface area contributed by atoms with Crippen molar-refractivity contribution in [3.8, 4) is 5.75 Å². The summed E-state index contributed by atoms with van der Waals surface area (Å²) in [6.07, 6.45) is 0.364. The Morgan fingerprint density at radius 3 is 2.18 bits per heavy atom. The summed E-state index contributed by atoms with van der Waals surface area (Å²) in [5.74, 6) is -0.0634. The summed E-state index contributed by atoms with van der Waals surface area (Å²) < 4.78 is 5.72. The smallest absolute Gasteiger partial charge is 0.261 e. The van der Waals surface area contributed by atoms with Gasteiger partial charge in [-0.15, -0.1) is 0 Å². The third kappa shape index (κ3) is 7.79. The minimum Gasteiger partial charge on any atom is -0.484 e. The van der Waals surface area contributed by atoms with E-state index in [-0.39, 0.29) is 31.0 Å². The first-order valence-electron chi connectivity index (χ1n) is 11.1. The van der Waals surface area contributed by atoms with E-state index in [2.05, 4.69) is 5.32 Å². The van der Waals surface area contributed by atoms with Crippen LogP contribution < -0.4 is 10.1 Å². The van der Waals surface area contributed by atoms with E-state index in [0.717, 1.165) is 11.1 Å². The SMILES string of the molecule is CC(C)NC(=O)[C@@H](Cc1ccccc1)N(Cc1cccc(Cl)c1)C(=O)COc1cccc(Cl)c1. The molecule has 2 amide bonds. The summed E-state index contributed by atoms with van der Waals surface area (Å²) >= 11 is 12.2. The number of nitrogens with one attached hydrogen (secondary N) is 1. The van der Waals surface area contributed by atoms with Crippen molar-refractivity contribution in [1.29, 1.82) is 0 Å². The van der Waals surface area contributed by atoms with E-state index in [1.165, 1.54) is 0 Å². The summed E-state index contributed by atoms with van der Waals surface area (Å²) in [7, 11) is 0. The zero-order valence-electron chi connectivity index (χ0n) is 19.2. The molecule has 0 bridgehead atoms. The van der Waals surface area contributed by atoms with Gasteiger partial charge in [0, 0.05) is 29.1 Å². The monoisotopic (exact) mass is 498 g/mol. The molecule has 7 heteroatoms. The van der Waals surface area contributed by atoms with Gasteiger partial charge in [0.25, 0.3) is 5.91 Å².